The maximum Gasteiger partial charge on any atom is 0.417 e. The normalized spacial score (nSPS) is 11.5. The second-order valence-electron chi connectivity index (χ2n) is 3.36. The number of imidazole rings is 1. The summed E-state index contributed by atoms with van der Waals surface area (Å²) < 4.78 is 38.7. The summed E-state index contributed by atoms with van der Waals surface area (Å²) in [6, 6.07) is 0.720. The quantitative estimate of drug-likeness (QED) is 0.893. The minimum Gasteiger partial charge on any atom is -0.476 e. The fourth-order valence-corrected chi connectivity index (χ4v) is 1.37. The van der Waals surface area contributed by atoms with E-state index in [1.54, 1.807) is 0 Å². The minimum absolute atomic E-state index is 0.185. The van der Waals surface area contributed by atoms with Gasteiger partial charge in [0.1, 0.15) is 0 Å². The first-order valence-corrected chi connectivity index (χ1v) is 4.68. The fraction of sp³-hybridized carbons (Fsp3) is 0.100. The molecule has 94 valence electrons. The highest BCUT2D eigenvalue weighted by Crippen LogP contribution is 2.30. The third-order valence-corrected chi connectivity index (χ3v) is 2.18. The van der Waals surface area contributed by atoms with Gasteiger partial charge in [0.05, 0.1) is 17.6 Å². The second kappa shape index (κ2) is 4.13. The molecule has 0 aromatic carbocycles. The monoisotopic (exact) mass is 257 g/mol. The number of hydrogen-bond acceptors (Lipinski definition) is 3. The molecule has 2 rings (SSSR count). The first-order valence-electron chi connectivity index (χ1n) is 4.68. The van der Waals surface area contributed by atoms with Crippen molar-refractivity contribution in [2.75, 3.05) is 0 Å². The maximum atomic E-state index is 12.5. The van der Waals surface area contributed by atoms with Crippen LogP contribution in [0.3, 0.4) is 0 Å². The van der Waals surface area contributed by atoms with Gasteiger partial charge in [0, 0.05) is 18.6 Å². The van der Waals surface area contributed by atoms with Gasteiger partial charge in [-0.05, 0) is 6.07 Å². The predicted molar refractivity (Wildman–Crippen MR) is 53.3 cm³/mol. The molecular formula is C10H6F3N3O2. The number of halogens is 3. The van der Waals surface area contributed by atoms with Gasteiger partial charge in [-0.3, -0.25) is 0 Å². The van der Waals surface area contributed by atoms with Crippen LogP contribution in [0.5, 0.6) is 0 Å². The third kappa shape index (κ3) is 2.17. The topological polar surface area (TPSA) is 68.0 Å². The Bertz CT molecular complexity index is 579. The average Bonchev–Trinajstić information content (AvgIpc) is 2.80. The molecule has 0 bridgehead atoms. The first kappa shape index (κ1) is 12.1. The Hall–Kier alpha value is -2.38. The Morgan fingerprint density at radius 2 is 2.11 bits per heavy atom. The number of pyridine rings is 1. The second-order valence-corrected chi connectivity index (χ2v) is 3.36. The summed E-state index contributed by atoms with van der Waals surface area (Å²) in [5.74, 6) is -1.41. The summed E-state index contributed by atoms with van der Waals surface area (Å²) in [5, 5.41) is 8.88. The zero-order valence-electron chi connectivity index (χ0n) is 8.72. The summed E-state index contributed by atoms with van der Waals surface area (Å²) in [5.41, 5.74) is -1.67. The zero-order chi connectivity index (χ0) is 13.3. The molecule has 0 spiro atoms. The van der Waals surface area contributed by atoms with Gasteiger partial charge < -0.3 is 9.67 Å². The first-order chi connectivity index (χ1) is 8.39. The summed E-state index contributed by atoms with van der Waals surface area (Å²) in [6.07, 6.45) is -0.234. The van der Waals surface area contributed by atoms with Crippen LogP contribution in [0.25, 0.3) is 5.69 Å². The van der Waals surface area contributed by atoms with Crippen molar-refractivity contribution in [3.63, 3.8) is 0 Å². The largest absolute Gasteiger partial charge is 0.476 e. The van der Waals surface area contributed by atoms with E-state index in [0.717, 1.165) is 10.6 Å². The summed E-state index contributed by atoms with van der Waals surface area (Å²) in [6.45, 7) is 0. The van der Waals surface area contributed by atoms with E-state index >= 15 is 0 Å². The highest BCUT2D eigenvalue weighted by Gasteiger charge is 2.32. The number of rotatable bonds is 2. The van der Waals surface area contributed by atoms with Gasteiger partial charge in [0.25, 0.3) is 0 Å². The number of carbonyl (C=O) groups is 1. The molecule has 5 nitrogen and oxygen atoms in total. The van der Waals surface area contributed by atoms with Crippen molar-refractivity contribution >= 4 is 5.97 Å². The molecule has 0 aliphatic carbocycles. The number of aromatic nitrogens is 3. The molecule has 0 aliphatic rings. The molecule has 2 aromatic rings. The van der Waals surface area contributed by atoms with Crippen LogP contribution in [0, 0.1) is 0 Å². The molecule has 0 radical (unpaired) electrons. The van der Waals surface area contributed by atoms with Crippen LogP contribution < -0.4 is 0 Å². The van der Waals surface area contributed by atoms with Crippen molar-refractivity contribution in [3.05, 3.63) is 42.2 Å². The lowest BCUT2D eigenvalue weighted by Crippen LogP contribution is -2.12. The Kier molecular flexibility index (Phi) is 2.77. The van der Waals surface area contributed by atoms with E-state index in [1.807, 2.05) is 0 Å². The van der Waals surface area contributed by atoms with Gasteiger partial charge >= 0.3 is 12.1 Å². The molecule has 0 saturated heterocycles. The van der Waals surface area contributed by atoms with Crippen LogP contribution in [-0.4, -0.2) is 25.6 Å². The Labute approximate surface area is 98.5 Å². The van der Waals surface area contributed by atoms with Crippen LogP contribution in [0.1, 0.15) is 16.1 Å². The Morgan fingerprint density at radius 3 is 2.61 bits per heavy atom. The maximum absolute atomic E-state index is 12.5. The van der Waals surface area contributed by atoms with Crippen LogP contribution in [0.4, 0.5) is 13.2 Å². The van der Waals surface area contributed by atoms with E-state index in [2.05, 4.69) is 9.97 Å². The van der Waals surface area contributed by atoms with Crippen LogP contribution in [-0.2, 0) is 6.18 Å². The molecule has 8 heteroatoms. The zero-order valence-corrected chi connectivity index (χ0v) is 8.72. The highest BCUT2D eigenvalue weighted by molar-refractivity contribution is 5.89. The highest BCUT2D eigenvalue weighted by atomic mass is 19.4. The van der Waals surface area contributed by atoms with Crippen molar-refractivity contribution in [3.8, 4) is 5.69 Å². The molecule has 2 heterocycles. The Morgan fingerprint density at radius 1 is 1.39 bits per heavy atom. The summed E-state index contributed by atoms with van der Waals surface area (Å²) >= 11 is 0. The van der Waals surface area contributed by atoms with Crippen molar-refractivity contribution in [2.24, 2.45) is 0 Å². The molecule has 2 aromatic heterocycles. The molecule has 0 atom stereocenters. The number of hydrogen-bond donors (Lipinski definition) is 1. The number of alkyl halides is 3. The lowest BCUT2D eigenvalue weighted by molar-refractivity contribution is -0.137. The fourth-order valence-electron chi connectivity index (χ4n) is 1.37. The number of carboxylic acids is 1. The van der Waals surface area contributed by atoms with Gasteiger partial charge in [0.2, 0.25) is 0 Å². The van der Waals surface area contributed by atoms with Gasteiger partial charge in [-0.25, -0.2) is 14.8 Å². The lowest BCUT2D eigenvalue weighted by Gasteiger charge is -2.10. The van der Waals surface area contributed by atoms with Crippen molar-refractivity contribution in [2.45, 2.75) is 6.18 Å². The van der Waals surface area contributed by atoms with Crippen LogP contribution in [0.2, 0.25) is 0 Å². The molecular weight excluding hydrogens is 251 g/mol. The number of carboxylic acid groups (broad SMARTS) is 1. The van der Waals surface area contributed by atoms with E-state index < -0.39 is 23.4 Å². The van der Waals surface area contributed by atoms with E-state index in [4.69, 9.17) is 5.11 Å². The molecule has 18 heavy (non-hydrogen) atoms. The van der Waals surface area contributed by atoms with E-state index in [-0.39, 0.29) is 5.69 Å². The van der Waals surface area contributed by atoms with Gasteiger partial charge in [-0.15, -0.1) is 0 Å². The minimum atomic E-state index is -4.58. The molecule has 0 saturated carbocycles. The molecule has 0 unspecified atom stereocenters. The van der Waals surface area contributed by atoms with Gasteiger partial charge in [-0.1, -0.05) is 0 Å². The Balaban J connectivity index is 2.63. The van der Waals surface area contributed by atoms with Gasteiger partial charge in [-0.2, -0.15) is 13.2 Å². The summed E-state index contributed by atoms with van der Waals surface area (Å²) in [4.78, 5) is 17.9. The SMILES string of the molecule is O=C(O)c1ncc(C(F)(F)F)cc1-n1ccnc1. The third-order valence-electron chi connectivity index (χ3n) is 2.18. The standard InChI is InChI=1S/C10H6F3N3O2/c11-10(12,13)6-3-7(16-2-1-14-5-16)8(9(17)18)15-4-6/h1-5H,(H,17,18). The van der Waals surface area contributed by atoms with E-state index in [0.29, 0.717) is 6.20 Å². The molecule has 0 amide bonds. The van der Waals surface area contributed by atoms with Gasteiger partial charge in [0.15, 0.2) is 5.69 Å². The van der Waals surface area contributed by atoms with E-state index in [1.165, 1.54) is 18.7 Å². The van der Waals surface area contributed by atoms with Crippen molar-refractivity contribution < 1.29 is 23.1 Å². The van der Waals surface area contributed by atoms with Crippen LogP contribution >= 0.6 is 0 Å². The smallest absolute Gasteiger partial charge is 0.417 e. The van der Waals surface area contributed by atoms with E-state index in [9.17, 15) is 18.0 Å². The average molecular weight is 257 g/mol. The number of nitrogens with zero attached hydrogens (tertiary/aromatic N) is 3. The molecule has 0 fully saturated rings. The summed E-state index contributed by atoms with van der Waals surface area (Å²) in [7, 11) is 0. The molecule has 1 N–H and O–H groups in total. The molecule has 0 aliphatic heterocycles. The van der Waals surface area contributed by atoms with Crippen molar-refractivity contribution in [1.29, 1.82) is 0 Å². The number of aromatic carboxylic acids is 1. The lowest BCUT2D eigenvalue weighted by atomic mass is 10.2. The predicted octanol–water partition coefficient (Wildman–Crippen LogP) is 1.98. The van der Waals surface area contributed by atoms with Crippen molar-refractivity contribution in [1.82, 2.24) is 14.5 Å². The van der Waals surface area contributed by atoms with Crippen LogP contribution in [0.15, 0.2) is 31.0 Å².